The summed E-state index contributed by atoms with van der Waals surface area (Å²) >= 11 is 0. The molecular weight excluding hydrogens is 234 g/mol. The molecule has 1 N–H and O–H groups in total. The first-order chi connectivity index (χ1) is 9.20. The number of piperidine rings is 1. The van der Waals surface area contributed by atoms with E-state index in [2.05, 4.69) is 42.2 Å². The summed E-state index contributed by atoms with van der Waals surface area (Å²) in [5.74, 6) is 0.711. The fraction of sp³-hybridized carbons (Fsp3) is 0.647. The normalized spacial score (nSPS) is 35.3. The number of β-amino-alcohol motifs (C(OH)–C–C–N with tert-alkyl or cyclic N) is 1. The minimum absolute atomic E-state index is 0.458. The van der Waals surface area contributed by atoms with Gasteiger partial charge in [-0.2, -0.15) is 0 Å². The van der Waals surface area contributed by atoms with E-state index in [-0.39, 0.29) is 0 Å². The summed E-state index contributed by atoms with van der Waals surface area (Å²) in [5, 5.41) is 10.7. The van der Waals surface area contributed by atoms with Crippen LogP contribution < -0.4 is 0 Å². The lowest BCUT2D eigenvalue weighted by molar-refractivity contribution is -0.0764. The van der Waals surface area contributed by atoms with Crippen molar-refractivity contribution in [1.82, 2.24) is 4.90 Å². The van der Waals surface area contributed by atoms with Crippen LogP contribution in [0.2, 0.25) is 0 Å². The van der Waals surface area contributed by atoms with Crippen molar-refractivity contribution < 1.29 is 5.11 Å². The van der Waals surface area contributed by atoms with Crippen LogP contribution in [0, 0.1) is 5.92 Å². The van der Waals surface area contributed by atoms with Gasteiger partial charge in [0.25, 0.3) is 0 Å². The standard InChI is InChI=1S/C17H25NO/c1-2-17(19)11-15-9-6-10-16(15)18(13-17)12-14-7-4-3-5-8-14/h3-5,7-8,15-16,19H,2,6,9-13H2,1H3/t15-,16-,17-/m1/s1. The second-order valence-corrected chi connectivity index (χ2v) is 6.43. The highest BCUT2D eigenvalue weighted by molar-refractivity contribution is 5.15. The van der Waals surface area contributed by atoms with E-state index in [0.717, 1.165) is 25.9 Å². The molecule has 104 valence electrons. The van der Waals surface area contributed by atoms with Crippen molar-refractivity contribution in [1.29, 1.82) is 0 Å². The van der Waals surface area contributed by atoms with E-state index in [1.807, 2.05) is 0 Å². The zero-order valence-electron chi connectivity index (χ0n) is 11.9. The van der Waals surface area contributed by atoms with E-state index >= 15 is 0 Å². The lowest BCUT2D eigenvalue weighted by Gasteiger charge is -2.46. The Labute approximate surface area is 116 Å². The van der Waals surface area contributed by atoms with Crippen molar-refractivity contribution in [3.63, 3.8) is 0 Å². The quantitative estimate of drug-likeness (QED) is 0.901. The molecule has 3 atom stereocenters. The number of likely N-dealkylation sites (tertiary alicyclic amines) is 1. The number of aliphatic hydroxyl groups is 1. The molecule has 2 nitrogen and oxygen atoms in total. The molecule has 1 aliphatic carbocycles. The van der Waals surface area contributed by atoms with Crippen LogP contribution >= 0.6 is 0 Å². The number of rotatable bonds is 3. The molecule has 1 aliphatic heterocycles. The molecule has 1 saturated heterocycles. The summed E-state index contributed by atoms with van der Waals surface area (Å²) < 4.78 is 0. The molecule has 1 aromatic rings. The van der Waals surface area contributed by atoms with Crippen LogP contribution in [0.3, 0.4) is 0 Å². The van der Waals surface area contributed by atoms with Gasteiger partial charge in [0, 0.05) is 19.1 Å². The predicted octanol–water partition coefficient (Wildman–Crippen LogP) is 3.20. The number of hydrogen-bond donors (Lipinski definition) is 1. The Kier molecular flexibility index (Phi) is 3.64. The third kappa shape index (κ3) is 2.70. The van der Waals surface area contributed by atoms with Crippen LogP contribution in [0.1, 0.15) is 44.6 Å². The molecule has 0 bridgehead atoms. The second-order valence-electron chi connectivity index (χ2n) is 6.43. The van der Waals surface area contributed by atoms with Crippen LogP contribution in [0.15, 0.2) is 30.3 Å². The number of nitrogens with zero attached hydrogens (tertiary/aromatic N) is 1. The van der Waals surface area contributed by atoms with Crippen LogP contribution in [-0.4, -0.2) is 28.2 Å². The lowest BCUT2D eigenvalue weighted by atomic mass is 9.80. The van der Waals surface area contributed by atoms with Crippen molar-refractivity contribution in [2.75, 3.05) is 6.54 Å². The molecule has 19 heavy (non-hydrogen) atoms. The third-order valence-corrected chi connectivity index (χ3v) is 5.11. The molecule has 0 unspecified atom stereocenters. The van der Waals surface area contributed by atoms with Crippen LogP contribution in [0.5, 0.6) is 0 Å². The van der Waals surface area contributed by atoms with Crippen LogP contribution in [-0.2, 0) is 6.54 Å². The number of hydrogen-bond acceptors (Lipinski definition) is 2. The van der Waals surface area contributed by atoms with Gasteiger partial charge in [-0.05, 0) is 37.2 Å². The minimum Gasteiger partial charge on any atom is -0.389 e. The van der Waals surface area contributed by atoms with Crippen molar-refractivity contribution in [2.24, 2.45) is 5.92 Å². The summed E-state index contributed by atoms with van der Waals surface area (Å²) in [6, 6.07) is 11.4. The Balaban J connectivity index is 1.78. The zero-order chi connectivity index (χ0) is 13.3. The second kappa shape index (κ2) is 5.26. The van der Waals surface area contributed by atoms with Gasteiger partial charge < -0.3 is 5.11 Å². The van der Waals surface area contributed by atoms with Crippen LogP contribution in [0.25, 0.3) is 0 Å². The van der Waals surface area contributed by atoms with Crippen molar-refractivity contribution in [3.05, 3.63) is 35.9 Å². The molecule has 0 spiro atoms. The molecule has 2 fully saturated rings. The van der Waals surface area contributed by atoms with Gasteiger partial charge >= 0.3 is 0 Å². The fourth-order valence-corrected chi connectivity index (χ4v) is 4.03. The lowest BCUT2D eigenvalue weighted by Crippen LogP contribution is -2.54. The van der Waals surface area contributed by atoms with Crippen molar-refractivity contribution in [3.8, 4) is 0 Å². The highest BCUT2D eigenvalue weighted by Gasteiger charge is 2.44. The Hall–Kier alpha value is -0.860. The van der Waals surface area contributed by atoms with Crippen LogP contribution in [0.4, 0.5) is 0 Å². The highest BCUT2D eigenvalue weighted by Crippen LogP contribution is 2.42. The maximum atomic E-state index is 10.7. The molecule has 0 radical (unpaired) electrons. The zero-order valence-corrected chi connectivity index (χ0v) is 11.9. The number of fused-ring (bicyclic) bond motifs is 1. The van der Waals surface area contributed by atoms with E-state index < -0.39 is 5.60 Å². The SMILES string of the molecule is CC[C@@]1(O)C[C@H]2CCC[C@H]2N(Cc2ccccc2)C1. The molecule has 1 saturated carbocycles. The highest BCUT2D eigenvalue weighted by atomic mass is 16.3. The van der Waals surface area contributed by atoms with Crippen molar-refractivity contribution in [2.45, 2.75) is 57.2 Å². The monoisotopic (exact) mass is 259 g/mol. The topological polar surface area (TPSA) is 23.5 Å². The third-order valence-electron chi connectivity index (χ3n) is 5.11. The summed E-state index contributed by atoms with van der Waals surface area (Å²) in [5.41, 5.74) is 0.911. The average Bonchev–Trinajstić information content (AvgIpc) is 2.88. The van der Waals surface area contributed by atoms with Gasteiger partial charge in [-0.3, -0.25) is 4.90 Å². The first-order valence-corrected chi connectivity index (χ1v) is 7.70. The van der Waals surface area contributed by atoms with E-state index in [9.17, 15) is 5.11 Å². The molecule has 2 heteroatoms. The van der Waals surface area contributed by atoms with E-state index in [0.29, 0.717) is 12.0 Å². The molecule has 1 aromatic carbocycles. The van der Waals surface area contributed by atoms with E-state index in [1.54, 1.807) is 0 Å². The van der Waals surface area contributed by atoms with Gasteiger partial charge in [0.2, 0.25) is 0 Å². The summed E-state index contributed by atoms with van der Waals surface area (Å²) in [7, 11) is 0. The first kappa shape index (κ1) is 13.1. The average molecular weight is 259 g/mol. The molecule has 0 aromatic heterocycles. The van der Waals surface area contributed by atoms with E-state index in [4.69, 9.17) is 0 Å². The number of benzene rings is 1. The van der Waals surface area contributed by atoms with Gasteiger partial charge in [-0.25, -0.2) is 0 Å². The summed E-state index contributed by atoms with van der Waals surface area (Å²) in [6.45, 7) is 3.96. The Morgan fingerprint density at radius 1 is 1.26 bits per heavy atom. The molecule has 0 amide bonds. The Morgan fingerprint density at radius 3 is 2.79 bits per heavy atom. The maximum absolute atomic E-state index is 10.7. The summed E-state index contributed by atoms with van der Waals surface area (Å²) in [4.78, 5) is 2.54. The van der Waals surface area contributed by atoms with E-state index in [1.165, 1.54) is 24.8 Å². The largest absolute Gasteiger partial charge is 0.389 e. The first-order valence-electron chi connectivity index (χ1n) is 7.70. The van der Waals surface area contributed by atoms with Gasteiger partial charge in [0.1, 0.15) is 0 Å². The predicted molar refractivity (Wildman–Crippen MR) is 77.8 cm³/mol. The maximum Gasteiger partial charge on any atom is 0.0774 e. The fourth-order valence-electron chi connectivity index (χ4n) is 4.03. The Bertz CT molecular complexity index is 419. The van der Waals surface area contributed by atoms with Gasteiger partial charge in [-0.15, -0.1) is 0 Å². The van der Waals surface area contributed by atoms with Gasteiger partial charge in [0.05, 0.1) is 5.60 Å². The molecule has 2 aliphatic rings. The van der Waals surface area contributed by atoms with Gasteiger partial charge in [-0.1, -0.05) is 43.7 Å². The smallest absolute Gasteiger partial charge is 0.0774 e. The molecule has 3 rings (SSSR count). The molecule has 1 heterocycles. The minimum atomic E-state index is -0.458. The van der Waals surface area contributed by atoms with Crippen molar-refractivity contribution >= 4 is 0 Å². The molecular formula is C17H25NO. The summed E-state index contributed by atoms with van der Waals surface area (Å²) in [6.07, 6.45) is 5.84. The Morgan fingerprint density at radius 2 is 2.05 bits per heavy atom. The van der Waals surface area contributed by atoms with Gasteiger partial charge in [0.15, 0.2) is 0 Å².